The Bertz CT molecular complexity index is 901. The van der Waals surface area contributed by atoms with Crippen LogP contribution in [-0.2, 0) is 4.74 Å². The summed E-state index contributed by atoms with van der Waals surface area (Å²) < 4.78 is 27.0. The molecule has 0 radical (unpaired) electrons. The first-order valence-electron chi connectivity index (χ1n) is 8.42. The predicted molar refractivity (Wildman–Crippen MR) is 98.5 cm³/mol. The third-order valence-electron chi connectivity index (χ3n) is 4.64. The lowest BCUT2D eigenvalue weighted by Crippen LogP contribution is -2.28. The SMILES string of the molecule is COc1c(Br)c(-c2ccc(C#N)c(F)c2)nn1C1CCC(OC(N)=O)CC1. The van der Waals surface area contributed by atoms with Crippen LogP contribution in [0.1, 0.15) is 37.3 Å². The highest BCUT2D eigenvalue weighted by molar-refractivity contribution is 9.10. The molecular weight excluding hydrogens is 419 g/mol. The van der Waals surface area contributed by atoms with Gasteiger partial charge in [0.1, 0.15) is 28.2 Å². The summed E-state index contributed by atoms with van der Waals surface area (Å²) in [6.45, 7) is 0. The van der Waals surface area contributed by atoms with Gasteiger partial charge in [-0.15, -0.1) is 0 Å². The topological polar surface area (TPSA) is 103 Å². The maximum Gasteiger partial charge on any atom is 0.404 e. The second-order valence-electron chi connectivity index (χ2n) is 6.29. The molecule has 27 heavy (non-hydrogen) atoms. The quantitative estimate of drug-likeness (QED) is 0.781. The third-order valence-corrected chi connectivity index (χ3v) is 5.35. The summed E-state index contributed by atoms with van der Waals surface area (Å²) in [5.41, 5.74) is 6.14. The Morgan fingerprint density at radius 3 is 2.67 bits per heavy atom. The number of benzene rings is 1. The fraction of sp³-hybridized carbons (Fsp3) is 0.389. The van der Waals surface area contributed by atoms with E-state index in [0.29, 0.717) is 34.5 Å². The van der Waals surface area contributed by atoms with Crippen molar-refractivity contribution in [2.45, 2.75) is 37.8 Å². The zero-order valence-corrected chi connectivity index (χ0v) is 16.2. The molecule has 1 aromatic carbocycles. The van der Waals surface area contributed by atoms with E-state index in [-0.39, 0.29) is 17.7 Å². The van der Waals surface area contributed by atoms with Gasteiger partial charge < -0.3 is 15.2 Å². The number of halogens is 2. The molecule has 0 spiro atoms. The first-order chi connectivity index (χ1) is 12.9. The first kappa shape index (κ1) is 19.2. The van der Waals surface area contributed by atoms with Gasteiger partial charge in [-0.1, -0.05) is 6.07 Å². The maximum absolute atomic E-state index is 14.0. The van der Waals surface area contributed by atoms with Gasteiger partial charge in [-0.25, -0.2) is 13.9 Å². The lowest BCUT2D eigenvalue weighted by Gasteiger charge is -2.28. The lowest BCUT2D eigenvalue weighted by molar-refractivity contribution is 0.0697. The molecule has 0 atom stereocenters. The van der Waals surface area contributed by atoms with Crippen molar-refractivity contribution < 1.29 is 18.7 Å². The summed E-state index contributed by atoms with van der Waals surface area (Å²) >= 11 is 3.49. The zero-order chi connectivity index (χ0) is 19.6. The minimum atomic E-state index is -0.761. The smallest absolute Gasteiger partial charge is 0.404 e. The minimum Gasteiger partial charge on any atom is -0.480 e. The predicted octanol–water partition coefficient (Wildman–Crippen LogP) is 3.91. The zero-order valence-electron chi connectivity index (χ0n) is 14.6. The van der Waals surface area contributed by atoms with Gasteiger partial charge in [-0.2, -0.15) is 10.4 Å². The van der Waals surface area contributed by atoms with Crippen molar-refractivity contribution in [3.05, 3.63) is 34.1 Å². The number of primary amides is 1. The number of nitrogens with zero attached hydrogens (tertiary/aromatic N) is 3. The molecule has 2 N–H and O–H groups in total. The van der Waals surface area contributed by atoms with Crippen LogP contribution in [0, 0.1) is 17.1 Å². The van der Waals surface area contributed by atoms with Crippen molar-refractivity contribution in [1.82, 2.24) is 9.78 Å². The van der Waals surface area contributed by atoms with Crippen molar-refractivity contribution in [2.75, 3.05) is 7.11 Å². The number of hydrogen-bond acceptors (Lipinski definition) is 5. The van der Waals surface area contributed by atoms with Crippen LogP contribution in [0.15, 0.2) is 22.7 Å². The number of ether oxygens (including phenoxy) is 2. The van der Waals surface area contributed by atoms with Crippen molar-refractivity contribution in [2.24, 2.45) is 5.73 Å². The molecule has 0 unspecified atom stereocenters. The fourth-order valence-corrected chi connectivity index (χ4v) is 3.99. The monoisotopic (exact) mass is 436 g/mol. The molecule has 3 rings (SSSR count). The Hall–Kier alpha value is -2.60. The minimum absolute atomic E-state index is 0.0194. The Balaban J connectivity index is 1.88. The van der Waals surface area contributed by atoms with Crippen LogP contribution < -0.4 is 10.5 Å². The molecule has 1 fully saturated rings. The summed E-state index contributed by atoms with van der Waals surface area (Å²) in [6.07, 6.45) is 1.89. The molecule has 9 heteroatoms. The average molecular weight is 437 g/mol. The van der Waals surface area contributed by atoms with Gasteiger partial charge in [0.05, 0.1) is 18.7 Å². The van der Waals surface area contributed by atoms with Crippen LogP contribution >= 0.6 is 15.9 Å². The number of carbonyl (C=O) groups is 1. The van der Waals surface area contributed by atoms with Gasteiger partial charge in [0.2, 0.25) is 5.88 Å². The molecular formula is C18H18BrFN4O3. The largest absolute Gasteiger partial charge is 0.480 e. The van der Waals surface area contributed by atoms with E-state index in [2.05, 4.69) is 21.0 Å². The van der Waals surface area contributed by atoms with Gasteiger partial charge in [-0.05, 0) is 53.7 Å². The number of nitrogens with two attached hydrogens (primary N) is 1. The fourth-order valence-electron chi connectivity index (χ4n) is 3.34. The normalized spacial score (nSPS) is 19.3. The second-order valence-corrected chi connectivity index (χ2v) is 7.08. The van der Waals surface area contributed by atoms with E-state index in [0.717, 1.165) is 12.8 Å². The number of aromatic nitrogens is 2. The van der Waals surface area contributed by atoms with Gasteiger partial charge in [0, 0.05) is 5.56 Å². The van der Waals surface area contributed by atoms with E-state index < -0.39 is 11.9 Å². The molecule has 0 saturated heterocycles. The Labute approximate surface area is 164 Å². The number of rotatable bonds is 4. The van der Waals surface area contributed by atoms with E-state index in [1.165, 1.54) is 12.1 Å². The van der Waals surface area contributed by atoms with Gasteiger partial charge >= 0.3 is 6.09 Å². The van der Waals surface area contributed by atoms with Gasteiger partial charge in [-0.3, -0.25) is 0 Å². The second kappa shape index (κ2) is 7.96. The molecule has 1 aliphatic carbocycles. The Morgan fingerprint density at radius 1 is 1.41 bits per heavy atom. The summed E-state index contributed by atoms with van der Waals surface area (Å²) in [7, 11) is 1.54. The molecule has 142 valence electrons. The maximum atomic E-state index is 14.0. The van der Waals surface area contributed by atoms with Crippen molar-refractivity contribution in [1.29, 1.82) is 5.26 Å². The van der Waals surface area contributed by atoms with E-state index in [1.54, 1.807) is 23.9 Å². The number of nitriles is 1. The molecule has 2 aromatic rings. The van der Waals surface area contributed by atoms with Crippen molar-refractivity contribution in [3.63, 3.8) is 0 Å². The molecule has 1 saturated carbocycles. The molecule has 1 heterocycles. The van der Waals surface area contributed by atoms with E-state index in [9.17, 15) is 9.18 Å². The summed E-state index contributed by atoms with van der Waals surface area (Å²) in [6, 6.07) is 6.22. The number of amides is 1. The number of methoxy groups -OCH3 is 1. The summed E-state index contributed by atoms with van der Waals surface area (Å²) in [4.78, 5) is 10.9. The highest BCUT2D eigenvalue weighted by atomic mass is 79.9. The highest BCUT2D eigenvalue weighted by Gasteiger charge is 2.29. The Kier molecular flexibility index (Phi) is 5.65. The third kappa shape index (κ3) is 3.90. The molecule has 1 aliphatic rings. The standard InChI is InChI=1S/C18H18BrFN4O3/c1-26-17-15(19)16(10-2-3-11(9-21)14(20)8-10)23-24(17)12-4-6-13(7-5-12)27-18(22)25/h2-3,8,12-13H,4-7H2,1H3,(H2,22,25). The van der Waals surface area contributed by atoms with Crippen LogP contribution in [0.5, 0.6) is 5.88 Å². The summed E-state index contributed by atoms with van der Waals surface area (Å²) in [5.74, 6) is -0.0615. The van der Waals surface area contributed by atoms with Crippen LogP contribution in [0.25, 0.3) is 11.3 Å². The van der Waals surface area contributed by atoms with Crippen LogP contribution in [0.3, 0.4) is 0 Å². The molecule has 7 nitrogen and oxygen atoms in total. The average Bonchev–Trinajstić information content (AvgIpc) is 2.98. The Morgan fingerprint density at radius 2 is 2.11 bits per heavy atom. The molecule has 1 aromatic heterocycles. The lowest BCUT2D eigenvalue weighted by atomic mass is 9.93. The molecule has 0 bridgehead atoms. The van der Waals surface area contributed by atoms with Crippen LogP contribution in [-0.4, -0.2) is 29.1 Å². The number of hydrogen-bond donors (Lipinski definition) is 1. The molecule has 0 aliphatic heterocycles. The van der Waals surface area contributed by atoms with Gasteiger partial charge in [0.25, 0.3) is 0 Å². The number of carbonyl (C=O) groups excluding carboxylic acids is 1. The van der Waals surface area contributed by atoms with E-state index >= 15 is 0 Å². The van der Waals surface area contributed by atoms with E-state index in [1.807, 2.05) is 0 Å². The van der Waals surface area contributed by atoms with Gasteiger partial charge in [0.15, 0.2) is 0 Å². The van der Waals surface area contributed by atoms with E-state index in [4.69, 9.17) is 20.5 Å². The summed E-state index contributed by atoms with van der Waals surface area (Å²) in [5, 5.41) is 13.5. The van der Waals surface area contributed by atoms with Crippen LogP contribution in [0.4, 0.5) is 9.18 Å². The first-order valence-corrected chi connectivity index (χ1v) is 9.22. The highest BCUT2D eigenvalue weighted by Crippen LogP contribution is 2.40. The molecule has 1 amide bonds. The van der Waals surface area contributed by atoms with Crippen molar-refractivity contribution in [3.8, 4) is 23.2 Å². The van der Waals surface area contributed by atoms with Crippen molar-refractivity contribution >= 4 is 22.0 Å². The van der Waals surface area contributed by atoms with Crippen LogP contribution in [0.2, 0.25) is 0 Å².